The maximum Gasteiger partial charge on any atom is 0.251 e. The standard InChI is InChI=1S/C25H32ClN3O3/c1-4-18(3)23(27-24(30)19-10-12-20(26)13-11-19)25(31)29-16-14-28(15-17-29)21-8-6-7-9-22(21)32-5-2/h6-13,18,23H,4-5,14-17H2,1-3H3,(H,27,30). The normalized spacial score (nSPS) is 15.8. The Morgan fingerprint density at radius 3 is 2.31 bits per heavy atom. The molecule has 0 aromatic heterocycles. The molecule has 2 aromatic carbocycles. The highest BCUT2D eigenvalue weighted by molar-refractivity contribution is 6.30. The SMILES string of the molecule is CCOc1ccccc1N1CCN(C(=O)C(NC(=O)c2ccc(Cl)cc2)C(C)CC)CC1. The highest BCUT2D eigenvalue weighted by atomic mass is 35.5. The van der Waals surface area contributed by atoms with Crippen LogP contribution in [-0.2, 0) is 4.79 Å². The van der Waals surface area contributed by atoms with Crippen LogP contribution in [0, 0.1) is 5.92 Å². The molecule has 0 spiro atoms. The van der Waals surface area contributed by atoms with Gasteiger partial charge in [0.25, 0.3) is 5.91 Å². The predicted molar refractivity (Wildman–Crippen MR) is 129 cm³/mol. The Morgan fingerprint density at radius 2 is 1.69 bits per heavy atom. The minimum atomic E-state index is -0.564. The van der Waals surface area contributed by atoms with Crippen LogP contribution in [0.25, 0.3) is 0 Å². The third kappa shape index (κ3) is 5.74. The summed E-state index contributed by atoms with van der Waals surface area (Å²) < 4.78 is 5.76. The number of hydrogen-bond acceptors (Lipinski definition) is 4. The maximum absolute atomic E-state index is 13.4. The first-order chi connectivity index (χ1) is 15.4. The molecule has 7 heteroatoms. The minimum absolute atomic E-state index is 0.0236. The summed E-state index contributed by atoms with van der Waals surface area (Å²) in [5.41, 5.74) is 1.55. The minimum Gasteiger partial charge on any atom is -0.492 e. The van der Waals surface area contributed by atoms with Crippen LogP contribution < -0.4 is 15.0 Å². The number of rotatable bonds is 8. The van der Waals surface area contributed by atoms with E-state index < -0.39 is 6.04 Å². The van der Waals surface area contributed by atoms with E-state index in [4.69, 9.17) is 16.3 Å². The van der Waals surface area contributed by atoms with Crippen LogP contribution in [0.3, 0.4) is 0 Å². The fourth-order valence-electron chi connectivity index (χ4n) is 3.87. The number of hydrogen-bond donors (Lipinski definition) is 1. The molecule has 1 aliphatic rings. The second-order valence-electron chi connectivity index (χ2n) is 8.06. The zero-order chi connectivity index (χ0) is 23.1. The number of nitrogens with zero attached hydrogens (tertiary/aromatic N) is 2. The molecule has 1 heterocycles. The summed E-state index contributed by atoms with van der Waals surface area (Å²) in [5.74, 6) is 0.599. The fourth-order valence-corrected chi connectivity index (χ4v) is 4.00. The molecule has 32 heavy (non-hydrogen) atoms. The molecular weight excluding hydrogens is 426 g/mol. The van der Waals surface area contributed by atoms with Gasteiger partial charge in [0.1, 0.15) is 11.8 Å². The zero-order valence-electron chi connectivity index (χ0n) is 19.0. The largest absolute Gasteiger partial charge is 0.492 e. The quantitative estimate of drug-likeness (QED) is 0.644. The average Bonchev–Trinajstić information content (AvgIpc) is 2.82. The molecule has 0 bridgehead atoms. The van der Waals surface area contributed by atoms with E-state index in [1.807, 2.05) is 43.9 Å². The lowest BCUT2D eigenvalue weighted by atomic mass is 9.97. The van der Waals surface area contributed by atoms with Crippen LogP contribution in [0.2, 0.25) is 5.02 Å². The third-order valence-corrected chi connectivity index (χ3v) is 6.22. The monoisotopic (exact) mass is 457 g/mol. The van der Waals surface area contributed by atoms with Gasteiger partial charge in [0.2, 0.25) is 5.91 Å². The summed E-state index contributed by atoms with van der Waals surface area (Å²) in [6.07, 6.45) is 0.791. The van der Waals surface area contributed by atoms with Crippen molar-refractivity contribution >= 4 is 29.1 Å². The molecule has 3 rings (SSSR count). The van der Waals surface area contributed by atoms with Gasteiger partial charge in [-0.15, -0.1) is 0 Å². The van der Waals surface area contributed by atoms with E-state index in [0.717, 1.165) is 17.9 Å². The summed E-state index contributed by atoms with van der Waals surface area (Å²) >= 11 is 5.93. The molecule has 0 saturated carbocycles. The molecule has 1 N–H and O–H groups in total. The lowest BCUT2D eigenvalue weighted by Gasteiger charge is -2.39. The molecule has 0 aliphatic carbocycles. The van der Waals surface area contributed by atoms with Crippen molar-refractivity contribution in [1.82, 2.24) is 10.2 Å². The van der Waals surface area contributed by atoms with Gasteiger partial charge in [0.05, 0.1) is 12.3 Å². The van der Waals surface area contributed by atoms with Gasteiger partial charge >= 0.3 is 0 Å². The van der Waals surface area contributed by atoms with Crippen molar-refractivity contribution in [1.29, 1.82) is 0 Å². The van der Waals surface area contributed by atoms with E-state index in [0.29, 0.717) is 43.4 Å². The third-order valence-electron chi connectivity index (χ3n) is 5.97. The smallest absolute Gasteiger partial charge is 0.251 e. The van der Waals surface area contributed by atoms with Crippen molar-refractivity contribution in [2.24, 2.45) is 5.92 Å². The van der Waals surface area contributed by atoms with Crippen molar-refractivity contribution in [3.05, 3.63) is 59.1 Å². The number of benzene rings is 2. The lowest BCUT2D eigenvalue weighted by Crippen LogP contribution is -2.56. The van der Waals surface area contributed by atoms with E-state index in [1.54, 1.807) is 24.3 Å². The van der Waals surface area contributed by atoms with E-state index in [2.05, 4.69) is 16.3 Å². The summed E-state index contributed by atoms with van der Waals surface area (Å²) in [4.78, 5) is 30.3. The summed E-state index contributed by atoms with van der Waals surface area (Å²) in [6.45, 7) is 9.25. The number of anilines is 1. The topological polar surface area (TPSA) is 61.9 Å². The number of nitrogens with one attached hydrogen (secondary N) is 1. The summed E-state index contributed by atoms with van der Waals surface area (Å²) in [6, 6.07) is 14.1. The number of ether oxygens (including phenoxy) is 1. The Balaban J connectivity index is 1.66. The van der Waals surface area contributed by atoms with Crippen LogP contribution in [0.5, 0.6) is 5.75 Å². The van der Waals surface area contributed by atoms with Crippen LogP contribution >= 0.6 is 11.6 Å². The fraction of sp³-hybridized carbons (Fsp3) is 0.440. The van der Waals surface area contributed by atoms with E-state index in [9.17, 15) is 9.59 Å². The van der Waals surface area contributed by atoms with Gasteiger partial charge in [-0.05, 0) is 49.2 Å². The Hall–Kier alpha value is -2.73. The molecule has 6 nitrogen and oxygen atoms in total. The van der Waals surface area contributed by atoms with Crippen molar-refractivity contribution in [2.75, 3.05) is 37.7 Å². The molecule has 2 amide bonds. The molecular formula is C25H32ClN3O3. The van der Waals surface area contributed by atoms with Crippen molar-refractivity contribution in [2.45, 2.75) is 33.2 Å². The average molecular weight is 458 g/mol. The second-order valence-corrected chi connectivity index (χ2v) is 8.49. The highest BCUT2D eigenvalue weighted by Crippen LogP contribution is 2.29. The Bertz CT molecular complexity index is 911. The molecule has 2 aromatic rings. The van der Waals surface area contributed by atoms with E-state index in [1.165, 1.54) is 0 Å². The van der Waals surface area contributed by atoms with E-state index >= 15 is 0 Å². The Kier molecular flexibility index (Phi) is 8.39. The van der Waals surface area contributed by atoms with Crippen molar-refractivity contribution in [3.63, 3.8) is 0 Å². The van der Waals surface area contributed by atoms with Gasteiger partial charge in [0.15, 0.2) is 0 Å². The molecule has 1 fully saturated rings. The summed E-state index contributed by atoms with van der Waals surface area (Å²) in [7, 11) is 0. The van der Waals surface area contributed by atoms with Crippen LogP contribution in [-0.4, -0.2) is 55.5 Å². The van der Waals surface area contributed by atoms with Gasteiger partial charge in [-0.3, -0.25) is 9.59 Å². The van der Waals surface area contributed by atoms with Gasteiger partial charge < -0.3 is 19.9 Å². The van der Waals surface area contributed by atoms with Crippen molar-refractivity contribution in [3.8, 4) is 5.75 Å². The van der Waals surface area contributed by atoms with Crippen molar-refractivity contribution < 1.29 is 14.3 Å². The molecule has 172 valence electrons. The summed E-state index contributed by atoms with van der Waals surface area (Å²) in [5, 5.41) is 3.53. The first-order valence-corrected chi connectivity index (χ1v) is 11.6. The zero-order valence-corrected chi connectivity index (χ0v) is 19.8. The van der Waals surface area contributed by atoms with Gasteiger partial charge in [-0.2, -0.15) is 0 Å². The first kappa shape index (κ1) is 23.9. The first-order valence-electron chi connectivity index (χ1n) is 11.3. The molecule has 1 saturated heterocycles. The van der Waals surface area contributed by atoms with Crippen LogP contribution in [0.15, 0.2) is 48.5 Å². The molecule has 0 radical (unpaired) electrons. The van der Waals surface area contributed by atoms with E-state index in [-0.39, 0.29) is 17.7 Å². The number of para-hydroxylation sites is 2. The van der Waals surface area contributed by atoms with Gasteiger partial charge in [-0.1, -0.05) is 44.0 Å². The number of piperazine rings is 1. The maximum atomic E-state index is 13.4. The second kappa shape index (κ2) is 11.2. The molecule has 1 aliphatic heterocycles. The Labute approximate surface area is 195 Å². The molecule has 2 unspecified atom stereocenters. The highest BCUT2D eigenvalue weighted by Gasteiger charge is 2.32. The Morgan fingerprint density at radius 1 is 1.03 bits per heavy atom. The number of halogens is 1. The van der Waals surface area contributed by atoms with Gasteiger partial charge in [-0.25, -0.2) is 0 Å². The van der Waals surface area contributed by atoms with Crippen LogP contribution in [0.4, 0.5) is 5.69 Å². The number of amides is 2. The van der Waals surface area contributed by atoms with Crippen LogP contribution in [0.1, 0.15) is 37.6 Å². The molecule has 2 atom stereocenters. The number of carbonyl (C=O) groups excluding carboxylic acids is 2. The number of carbonyl (C=O) groups is 2. The van der Waals surface area contributed by atoms with Gasteiger partial charge in [0, 0.05) is 36.8 Å². The lowest BCUT2D eigenvalue weighted by molar-refractivity contribution is -0.134. The predicted octanol–water partition coefficient (Wildman–Crippen LogP) is 4.23.